The fraction of sp³-hybridized carbons (Fsp3) is 0.292. The standard InChI is InChI=1S/C24H22Cl2N4O3S3/c1-15-5-6-18(25)22-21(15)28-24(35-22)30(14-17-4-2-3-11-27-17)23(31)16-9-12-29(13-10-16)36(32,33)20-8-7-19(26)34-20/h2-8,11,16H,9-10,12-14H2,1H3. The Bertz CT molecular complexity index is 1480. The second-order valence-corrected chi connectivity index (χ2v) is 13.8. The zero-order valence-electron chi connectivity index (χ0n) is 19.2. The molecule has 1 saturated heterocycles. The van der Waals surface area contributed by atoms with Gasteiger partial charge in [-0.25, -0.2) is 13.4 Å². The highest BCUT2D eigenvalue weighted by atomic mass is 35.5. The summed E-state index contributed by atoms with van der Waals surface area (Å²) in [5.74, 6) is -0.430. The van der Waals surface area contributed by atoms with Gasteiger partial charge >= 0.3 is 0 Å². The second-order valence-electron chi connectivity index (χ2n) is 8.52. The topological polar surface area (TPSA) is 83.5 Å². The normalized spacial score (nSPS) is 15.4. The van der Waals surface area contributed by atoms with Gasteiger partial charge in [0.15, 0.2) is 5.13 Å². The van der Waals surface area contributed by atoms with E-state index in [9.17, 15) is 13.2 Å². The molecule has 4 heterocycles. The van der Waals surface area contributed by atoms with Gasteiger partial charge in [0, 0.05) is 25.2 Å². The van der Waals surface area contributed by atoms with Gasteiger partial charge in [-0.15, -0.1) is 11.3 Å². The van der Waals surface area contributed by atoms with Crippen LogP contribution in [0.2, 0.25) is 9.36 Å². The van der Waals surface area contributed by atoms with Gasteiger partial charge in [-0.1, -0.05) is 46.7 Å². The van der Waals surface area contributed by atoms with E-state index in [1.54, 1.807) is 17.2 Å². The van der Waals surface area contributed by atoms with E-state index in [4.69, 9.17) is 28.2 Å². The predicted molar refractivity (Wildman–Crippen MR) is 146 cm³/mol. The summed E-state index contributed by atoms with van der Waals surface area (Å²) in [6.07, 6.45) is 2.53. The molecule has 3 aromatic heterocycles. The minimum Gasteiger partial charge on any atom is -0.282 e. The smallest absolute Gasteiger partial charge is 0.252 e. The number of fused-ring (bicyclic) bond motifs is 1. The van der Waals surface area contributed by atoms with Crippen LogP contribution in [-0.2, 0) is 21.4 Å². The number of nitrogens with zero attached hydrogens (tertiary/aromatic N) is 4. The van der Waals surface area contributed by atoms with Crippen LogP contribution in [-0.4, -0.2) is 41.7 Å². The lowest BCUT2D eigenvalue weighted by molar-refractivity contribution is -0.123. The van der Waals surface area contributed by atoms with Crippen molar-refractivity contribution in [3.8, 4) is 0 Å². The molecule has 0 bridgehead atoms. The summed E-state index contributed by atoms with van der Waals surface area (Å²) in [4.78, 5) is 24.7. The third-order valence-electron chi connectivity index (χ3n) is 6.18. The molecule has 7 nitrogen and oxygen atoms in total. The molecule has 0 N–H and O–H groups in total. The number of thiazole rings is 1. The maximum absolute atomic E-state index is 13.8. The van der Waals surface area contributed by atoms with Crippen LogP contribution in [0, 0.1) is 12.8 Å². The average molecular weight is 582 g/mol. The molecule has 12 heteroatoms. The van der Waals surface area contributed by atoms with Gasteiger partial charge in [-0.3, -0.25) is 14.7 Å². The van der Waals surface area contributed by atoms with E-state index >= 15 is 0 Å². The summed E-state index contributed by atoms with van der Waals surface area (Å²) >= 11 is 14.8. The second kappa shape index (κ2) is 10.4. The summed E-state index contributed by atoms with van der Waals surface area (Å²) in [5, 5.41) is 1.15. The molecule has 5 rings (SSSR count). The van der Waals surface area contributed by atoms with Gasteiger partial charge in [-0.2, -0.15) is 4.31 Å². The summed E-state index contributed by atoms with van der Waals surface area (Å²) in [7, 11) is -3.63. The lowest BCUT2D eigenvalue weighted by Gasteiger charge is -2.32. The fourth-order valence-electron chi connectivity index (χ4n) is 4.23. The van der Waals surface area contributed by atoms with Gasteiger partial charge < -0.3 is 0 Å². The first kappa shape index (κ1) is 25.6. The van der Waals surface area contributed by atoms with Crippen LogP contribution in [0.25, 0.3) is 10.2 Å². The molecule has 1 aromatic carbocycles. The van der Waals surface area contributed by atoms with Gasteiger partial charge in [0.1, 0.15) is 4.21 Å². The number of carbonyl (C=O) groups excluding carboxylic acids is 1. The molecule has 0 spiro atoms. The van der Waals surface area contributed by atoms with E-state index < -0.39 is 10.0 Å². The number of aryl methyl sites for hydroxylation is 1. The first-order chi connectivity index (χ1) is 17.2. The van der Waals surface area contributed by atoms with Crippen molar-refractivity contribution >= 4 is 77.2 Å². The molecule has 4 aromatic rings. The van der Waals surface area contributed by atoms with E-state index in [2.05, 4.69) is 4.98 Å². The first-order valence-corrected chi connectivity index (χ1v) is 15.1. The van der Waals surface area contributed by atoms with Crippen molar-refractivity contribution in [1.82, 2.24) is 14.3 Å². The number of carbonyl (C=O) groups is 1. The quantitative estimate of drug-likeness (QED) is 0.279. The third-order valence-corrected chi connectivity index (χ3v) is 11.3. The minimum atomic E-state index is -3.63. The predicted octanol–water partition coefficient (Wildman–Crippen LogP) is 6.00. The minimum absolute atomic E-state index is 0.0929. The molecule has 1 aliphatic heterocycles. The Morgan fingerprint density at radius 1 is 1.11 bits per heavy atom. The summed E-state index contributed by atoms with van der Waals surface area (Å²) in [6, 6.07) is 12.4. The molecule has 188 valence electrons. The molecular weight excluding hydrogens is 559 g/mol. The number of pyridine rings is 1. The largest absolute Gasteiger partial charge is 0.282 e. The third kappa shape index (κ3) is 5.03. The lowest BCUT2D eigenvalue weighted by atomic mass is 9.96. The van der Waals surface area contributed by atoms with E-state index in [1.807, 2.05) is 37.3 Å². The Hall–Kier alpha value is -2.08. The first-order valence-electron chi connectivity index (χ1n) is 11.3. The molecule has 1 amide bonds. The van der Waals surface area contributed by atoms with E-state index in [1.165, 1.54) is 21.7 Å². The number of sulfonamides is 1. The molecular formula is C24H22Cl2N4O3S3. The van der Waals surface area contributed by atoms with E-state index in [-0.39, 0.29) is 35.7 Å². The number of anilines is 1. The van der Waals surface area contributed by atoms with Crippen LogP contribution in [0.15, 0.2) is 52.9 Å². The Balaban J connectivity index is 1.40. The summed E-state index contributed by atoms with van der Waals surface area (Å²) in [5.41, 5.74) is 2.49. The SMILES string of the molecule is Cc1ccc(Cl)c2sc(N(Cc3ccccn3)C(=O)C3CCN(S(=O)(=O)c4ccc(Cl)s4)CC3)nc12. The van der Waals surface area contributed by atoms with Crippen LogP contribution < -0.4 is 4.90 Å². The zero-order chi connectivity index (χ0) is 25.4. The van der Waals surface area contributed by atoms with Crippen molar-refractivity contribution in [3.63, 3.8) is 0 Å². The number of halogens is 2. The van der Waals surface area contributed by atoms with Crippen molar-refractivity contribution in [3.05, 3.63) is 69.3 Å². The molecule has 1 fully saturated rings. The molecule has 1 aliphatic rings. The van der Waals surface area contributed by atoms with Crippen LogP contribution >= 0.6 is 45.9 Å². The number of rotatable bonds is 6. The number of hydrogen-bond acceptors (Lipinski definition) is 7. The highest BCUT2D eigenvalue weighted by molar-refractivity contribution is 7.91. The lowest BCUT2D eigenvalue weighted by Crippen LogP contribution is -2.44. The van der Waals surface area contributed by atoms with Crippen LogP contribution in [0.3, 0.4) is 0 Å². The van der Waals surface area contributed by atoms with Gasteiger partial charge in [0.05, 0.1) is 31.8 Å². The Kier molecular flexibility index (Phi) is 7.35. The average Bonchev–Trinajstić information content (AvgIpc) is 3.53. The van der Waals surface area contributed by atoms with Crippen molar-refractivity contribution in [2.75, 3.05) is 18.0 Å². The molecule has 0 aliphatic carbocycles. The number of piperidine rings is 1. The Morgan fingerprint density at radius 3 is 2.53 bits per heavy atom. The Morgan fingerprint density at radius 2 is 1.89 bits per heavy atom. The van der Waals surface area contributed by atoms with Gasteiger partial charge in [0.2, 0.25) is 5.91 Å². The molecule has 0 radical (unpaired) electrons. The van der Waals surface area contributed by atoms with Crippen molar-refractivity contribution in [2.24, 2.45) is 5.92 Å². The van der Waals surface area contributed by atoms with Crippen LogP contribution in [0.5, 0.6) is 0 Å². The number of amides is 1. The highest BCUT2D eigenvalue weighted by Crippen LogP contribution is 2.37. The summed E-state index contributed by atoms with van der Waals surface area (Å²) in [6.45, 7) is 2.75. The number of thiophene rings is 1. The van der Waals surface area contributed by atoms with E-state index in [0.29, 0.717) is 27.3 Å². The van der Waals surface area contributed by atoms with Crippen molar-refractivity contribution in [1.29, 1.82) is 0 Å². The number of aromatic nitrogens is 2. The maximum Gasteiger partial charge on any atom is 0.252 e. The Labute approximate surface area is 227 Å². The number of benzene rings is 1. The molecule has 36 heavy (non-hydrogen) atoms. The van der Waals surface area contributed by atoms with Gasteiger partial charge in [-0.05, 0) is 55.7 Å². The monoisotopic (exact) mass is 580 g/mol. The molecule has 0 unspecified atom stereocenters. The maximum atomic E-state index is 13.8. The van der Waals surface area contributed by atoms with Crippen molar-refractivity contribution in [2.45, 2.75) is 30.5 Å². The van der Waals surface area contributed by atoms with Crippen LogP contribution in [0.1, 0.15) is 24.1 Å². The molecule has 0 atom stereocenters. The van der Waals surface area contributed by atoms with Crippen molar-refractivity contribution < 1.29 is 13.2 Å². The van der Waals surface area contributed by atoms with Gasteiger partial charge in [0.25, 0.3) is 10.0 Å². The summed E-state index contributed by atoms with van der Waals surface area (Å²) < 4.78 is 28.9. The fourth-order valence-corrected chi connectivity index (χ4v) is 8.65. The van der Waals surface area contributed by atoms with E-state index in [0.717, 1.165) is 32.8 Å². The zero-order valence-corrected chi connectivity index (χ0v) is 23.2. The molecule has 0 saturated carbocycles. The van der Waals surface area contributed by atoms with Crippen LogP contribution in [0.4, 0.5) is 5.13 Å². The number of hydrogen-bond donors (Lipinski definition) is 0. The highest BCUT2D eigenvalue weighted by Gasteiger charge is 2.35.